The Labute approximate surface area is 178 Å². The Balaban J connectivity index is 1.95. The molecule has 0 aromatic heterocycles. The van der Waals surface area contributed by atoms with Crippen LogP contribution in [0, 0.1) is 0 Å². The van der Waals surface area contributed by atoms with Crippen molar-refractivity contribution >= 4 is 0 Å². The van der Waals surface area contributed by atoms with Crippen molar-refractivity contribution < 1.29 is 19.7 Å². The number of phenolic OH excluding ortho intramolecular Hbond substituents is 2. The summed E-state index contributed by atoms with van der Waals surface area (Å²) in [6.07, 6.45) is 0. The van der Waals surface area contributed by atoms with Crippen LogP contribution in [0.3, 0.4) is 0 Å². The molecule has 3 rings (SSSR count). The number of hydrogen-bond acceptors (Lipinski definition) is 4. The highest BCUT2D eigenvalue weighted by atomic mass is 16.5. The highest BCUT2D eigenvalue weighted by molar-refractivity contribution is 5.50. The van der Waals surface area contributed by atoms with Crippen LogP contribution in [0.25, 0.3) is 0 Å². The molecule has 0 amide bonds. The van der Waals surface area contributed by atoms with Gasteiger partial charge >= 0.3 is 0 Å². The third kappa shape index (κ3) is 3.82. The van der Waals surface area contributed by atoms with E-state index >= 15 is 0 Å². The summed E-state index contributed by atoms with van der Waals surface area (Å²) in [7, 11) is 3.11. The van der Waals surface area contributed by atoms with Gasteiger partial charge in [-0.3, -0.25) is 0 Å². The molecule has 0 aliphatic heterocycles. The van der Waals surface area contributed by atoms with E-state index in [4.69, 9.17) is 9.47 Å². The zero-order chi connectivity index (χ0) is 22.1. The molecule has 4 heteroatoms. The van der Waals surface area contributed by atoms with Gasteiger partial charge in [-0.2, -0.15) is 0 Å². The van der Waals surface area contributed by atoms with Gasteiger partial charge in [-0.25, -0.2) is 0 Å². The third-order valence-corrected chi connectivity index (χ3v) is 6.13. The lowest BCUT2D eigenvalue weighted by molar-refractivity contribution is 0.372. The predicted molar refractivity (Wildman–Crippen MR) is 120 cm³/mol. The molecule has 0 saturated carbocycles. The minimum absolute atomic E-state index is 0.137. The summed E-state index contributed by atoms with van der Waals surface area (Å²) in [5.74, 6) is 1.22. The minimum atomic E-state index is -0.259. The summed E-state index contributed by atoms with van der Waals surface area (Å²) in [6, 6.07) is 19.6. The van der Waals surface area contributed by atoms with Gasteiger partial charge in [0.25, 0.3) is 0 Å². The summed E-state index contributed by atoms with van der Waals surface area (Å²) in [4.78, 5) is 0. The van der Waals surface area contributed by atoms with Gasteiger partial charge in [-0.15, -0.1) is 0 Å². The number of phenols is 2. The van der Waals surface area contributed by atoms with Crippen LogP contribution in [0.15, 0.2) is 60.7 Å². The largest absolute Gasteiger partial charge is 0.504 e. The number of hydrogen-bond donors (Lipinski definition) is 2. The summed E-state index contributed by atoms with van der Waals surface area (Å²) >= 11 is 0. The number of ether oxygens (including phenoxy) is 2. The Bertz CT molecular complexity index is 949. The van der Waals surface area contributed by atoms with Crippen LogP contribution < -0.4 is 9.47 Å². The molecule has 0 unspecified atom stereocenters. The highest BCUT2D eigenvalue weighted by Gasteiger charge is 2.27. The molecule has 0 saturated heterocycles. The number of aromatic hydroxyl groups is 2. The quantitative estimate of drug-likeness (QED) is 0.546. The summed E-state index contributed by atoms with van der Waals surface area (Å²) in [5.41, 5.74) is 3.94. The van der Waals surface area contributed by atoms with Gasteiger partial charge in [0.1, 0.15) is 0 Å². The van der Waals surface area contributed by atoms with E-state index in [2.05, 4.69) is 52.0 Å². The van der Waals surface area contributed by atoms with Crippen LogP contribution >= 0.6 is 0 Å². The van der Waals surface area contributed by atoms with Gasteiger partial charge < -0.3 is 19.7 Å². The maximum absolute atomic E-state index is 9.91. The van der Waals surface area contributed by atoms with E-state index in [0.717, 1.165) is 22.3 Å². The molecule has 0 spiro atoms. The lowest BCUT2D eigenvalue weighted by Crippen LogP contribution is -2.21. The van der Waals surface area contributed by atoms with Gasteiger partial charge in [-0.05, 0) is 46.5 Å². The van der Waals surface area contributed by atoms with Crippen molar-refractivity contribution in [2.45, 2.75) is 38.5 Å². The molecule has 0 aliphatic carbocycles. The standard InChI is InChI=1S/C26H30O4/c1-25(2,19-11-13-21(27)23(15-19)29-5)17-7-9-18(10-8-17)26(3,4)20-12-14-22(28)24(16-20)30-6/h7-16,27-28H,1-6H3. The molecule has 0 fully saturated rings. The fourth-order valence-corrected chi connectivity index (χ4v) is 3.77. The van der Waals surface area contributed by atoms with Gasteiger partial charge in [0.2, 0.25) is 0 Å². The van der Waals surface area contributed by atoms with E-state index in [-0.39, 0.29) is 22.3 Å². The first-order valence-electron chi connectivity index (χ1n) is 9.97. The van der Waals surface area contributed by atoms with E-state index < -0.39 is 0 Å². The van der Waals surface area contributed by atoms with Crippen molar-refractivity contribution in [2.24, 2.45) is 0 Å². The van der Waals surface area contributed by atoms with Gasteiger partial charge in [-0.1, -0.05) is 64.1 Å². The van der Waals surface area contributed by atoms with Gasteiger partial charge in [0, 0.05) is 10.8 Å². The second kappa shape index (κ2) is 7.94. The topological polar surface area (TPSA) is 58.9 Å². The molecule has 4 nitrogen and oxygen atoms in total. The molecule has 2 N–H and O–H groups in total. The van der Waals surface area contributed by atoms with Gasteiger partial charge in [0.05, 0.1) is 14.2 Å². The Hall–Kier alpha value is -3.14. The average Bonchev–Trinajstić information content (AvgIpc) is 2.74. The first-order chi connectivity index (χ1) is 14.1. The third-order valence-electron chi connectivity index (χ3n) is 6.13. The molecule has 0 bridgehead atoms. The monoisotopic (exact) mass is 406 g/mol. The first-order valence-corrected chi connectivity index (χ1v) is 9.97. The molecule has 3 aromatic carbocycles. The van der Waals surface area contributed by atoms with E-state index in [1.807, 2.05) is 24.3 Å². The SMILES string of the molecule is COc1cc(C(C)(C)c2ccc(C(C)(C)c3ccc(O)c(OC)c3)cc2)ccc1O. The Morgan fingerprint density at radius 2 is 0.833 bits per heavy atom. The molecule has 30 heavy (non-hydrogen) atoms. The zero-order valence-corrected chi connectivity index (χ0v) is 18.5. The highest BCUT2D eigenvalue weighted by Crippen LogP contribution is 2.39. The minimum Gasteiger partial charge on any atom is -0.504 e. The van der Waals surface area contributed by atoms with Crippen molar-refractivity contribution in [3.63, 3.8) is 0 Å². The maximum atomic E-state index is 9.91. The Morgan fingerprint density at radius 3 is 1.13 bits per heavy atom. The molecular weight excluding hydrogens is 376 g/mol. The summed E-state index contributed by atoms with van der Waals surface area (Å²) in [5, 5.41) is 19.8. The average molecular weight is 407 g/mol. The van der Waals surface area contributed by atoms with Crippen LogP contribution in [0.2, 0.25) is 0 Å². The normalized spacial score (nSPS) is 11.9. The van der Waals surface area contributed by atoms with Crippen LogP contribution in [-0.2, 0) is 10.8 Å². The molecule has 3 aromatic rings. The van der Waals surface area contributed by atoms with Gasteiger partial charge in [0.15, 0.2) is 23.0 Å². The van der Waals surface area contributed by atoms with Crippen molar-refractivity contribution in [2.75, 3.05) is 14.2 Å². The lowest BCUT2D eigenvalue weighted by atomic mass is 9.74. The van der Waals surface area contributed by atoms with Crippen molar-refractivity contribution in [3.05, 3.63) is 82.9 Å². The summed E-state index contributed by atoms with van der Waals surface area (Å²) in [6.45, 7) is 8.63. The Morgan fingerprint density at radius 1 is 0.533 bits per heavy atom. The molecule has 158 valence electrons. The molecule has 0 aliphatic rings. The maximum Gasteiger partial charge on any atom is 0.160 e. The van der Waals surface area contributed by atoms with E-state index in [1.165, 1.54) is 0 Å². The molecule has 0 atom stereocenters. The van der Waals surface area contributed by atoms with Crippen LogP contribution in [-0.4, -0.2) is 24.4 Å². The predicted octanol–water partition coefficient (Wildman–Crippen LogP) is 5.77. The zero-order valence-electron chi connectivity index (χ0n) is 18.5. The van der Waals surface area contributed by atoms with Crippen LogP contribution in [0.4, 0.5) is 0 Å². The lowest BCUT2D eigenvalue weighted by Gasteiger charge is -2.30. The van der Waals surface area contributed by atoms with Crippen molar-refractivity contribution in [1.29, 1.82) is 0 Å². The van der Waals surface area contributed by atoms with Crippen LogP contribution in [0.5, 0.6) is 23.0 Å². The van der Waals surface area contributed by atoms with Crippen molar-refractivity contribution in [3.8, 4) is 23.0 Å². The second-order valence-corrected chi connectivity index (χ2v) is 8.60. The van der Waals surface area contributed by atoms with Crippen molar-refractivity contribution in [1.82, 2.24) is 0 Å². The van der Waals surface area contributed by atoms with E-state index in [1.54, 1.807) is 26.4 Å². The fourth-order valence-electron chi connectivity index (χ4n) is 3.77. The molecule has 0 heterocycles. The second-order valence-electron chi connectivity index (χ2n) is 8.60. The Kier molecular flexibility index (Phi) is 5.71. The fraction of sp³-hybridized carbons (Fsp3) is 0.308. The number of rotatable bonds is 6. The number of methoxy groups -OCH3 is 2. The smallest absolute Gasteiger partial charge is 0.160 e. The number of benzene rings is 3. The molecule has 0 radical (unpaired) electrons. The summed E-state index contributed by atoms with van der Waals surface area (Å²) < 4.78 is 10.6. The van der Waals surface area contributed by atoms with E-state index in [0.29, 0.717) is 11.5 Å². The first kappa shape index (κ1) is 21.6. The van der Waals surface area contributed by atoms with Crippen LogP contribution in [0.1, 0.15) is 49.9 Å². The van der Waals surface area contributed by atoms with E-state index in [9.17, 15) is 10.2 Å². The molecular formula is C26H30O4.